The molecule has 0 fully saturated rings. The van der Waals surface area contributed by atoms with Gasteiger partial charge in [-0.2, -0.15) is 0 Å². The number of hydrogen-bond acceptors (Lipinski definition) is 6. The van der Waals surface area contributed by atoms with E-state index in [1.165, 1.54) is 0 Å². The van der Waals surface area contributed by atoms with Gasteiger partial charge >= 0.3 is 5.97 Å². The van der Waals surface area contributed by atoms with Gasteiger partial charge in [-0.05, 0) is 25.5 Å². The van der Waals surface area contributed by atoms with E-state index in [9.17, 15) is 14.7 Å². The van der Waals surface area contributed by atoms with Crippen molar-refractivity contribution in [2.24, 2.45) is 5.41 Å². The molecule has 0 heterocycles. The lowest BCUT2D eigenvalue weighted by molar-refractivity contribution is -0.137. The SMILES string of the molecule is CC(C)(CO)C(O)C(=O)NCCCO.CCOC(=O)c1ccccc1. The normalized spacial score (nSPS) is 11.8. The number of carbonyl (C=O) groups excluding carboxylic acids is 2. The summed E-state index contributed by atoms with van der Waals surface area (Å²) < 4.78 is 4.79. The molecule has 1 amide bonds. The van der Waals surface area contributed by atoms with Gasteiger partial charge in [0.05, 0.1) is 18.8 Å². The summed E-state index contributed by atoms with van der Waals surface area (Å²) in [5, 5.41) is 29.3. The van der Waals surface area contributed by atoms with Crippen molar-refractivity contribution in [1.29, 1.82) is 0 Å². The molecule has 7 nitrogen and oxygen atoms in total. The first kappa shape index (κ1) is 23.0. The van der Waals surface area contributed by atoms with Gasteiger partial charge < -0.3 is 25.4 Å². The Balaban J connectivity index is 0.000000472. The van der Waals surface area contributed by atoms with E-state index in [1.54, 1.807) is 32.9 Å². The molecule has 0 radical (unpaired) electrons. The highest BCUT2D eigenvalue weighted by molar-refractivity contribution is 5.89. The van der Waals surface area contributed by atoms with Gasteiger partial charge in [0, 0.05) is 18.6 Å². The molecule has 0 aliphatic rings. The number of aliphatic hydroxyl groups excluding tert-OH is 3. The fraction of sp³-hybridized carbons (Fsp3) is 0.556. The summed E-state index contributed by atoms with van der Waals surface area (Å²) in [5.41, 5.74) is -0.238. The molecule has 0 saturated heterocycles. The van der Waals surface area contributed by atoms with Crippen LogP contribution in [0.5, 0.6) is 0 Å². The zero-order valence-corrected chi connectivity index (χ0v) is 15.1. The fourth-order valence-electron chi connectivity index (χ4n) is 1.62. The highest BCUT2D eigenvalue weighted by atomic mass is 16.5. The summed E-state index contributed by atoms with van der Waals surface area (Å²) in [6, 6.07) is 8.96. The molecule has 0 aromatic heterocycles. The van der Waals surface area contributed by atoms with Gasteiger partial charge in [0.1, 0.15) is 6.10 Å². The van der Waals surface area contributed by atoms with Crippen molar-refractivity contribution in [2.75, 3.05) is 26.4 Å². The molecule has 1 unspecified atom stereocenters. The number of carbonyl (C=O) groups is 2. The monoisotopic (exact) mass is 355 g/mol. The smallest absolute Gasteiger partial charge is 0.338 e. The van der Waals surface area contributed by atoms with Crippen molar-refractivity contribution in [3.63, 3.8) is 0 Å². The van der Waals surface area contributed by atoms with E-state index in [0.29, 0.717) is 25.1 Å². The maximum atomic E-state index is 11.3. The summed E-state index contributed by atoms with van der Waals surface area (Å²) in [4.78, 5) is 22.3. The number of ether oxygens (including phenoxy) is 1. The molecule has 1 rings (SSSR count). The second-order valence-electron chi connectivity index (χ2n) is 6.00. The standard InChI is InChI=1S/C9H19NO4.C9H10O2/c1-9(2,6-12)7(13)8(14)10-4-3-5-11;1-2-11-9(10)8-6-4-3-5-7-8/h7,11-13H,3-6H2,1-2H3,(H,10,14);3-7H,2H2,1H3. The predicted octanol–water partition coefficient (Wildman–Crippen LogP) is 0.728. The van der Waals surface area contributed by atoms with Crippen molar-refractivity contribution >= 4 is 11.9 Å². The zero-order chi connectivity index (χ0) is 19.3. The third-order valence-electron chi connectivity index (χ3n) is 3.32. The van der Waals surface area contributed by atoms with Crippen LogP contribution in [0.4, 0.5) is 0 Å². The highest BCUT2D eigenvalue weighted by Gasteiger charge is 2.32. The molecule has 25 heavy (non-hydrogen) atoms. The van der Waals surface area contributed by atoms with Crippen LogP contribution >= 0.6 is 0 Å². The maximum absolute atomic E-state index is 11.3. The van der Waals surface area contributed by atoms with Crippen LogP contribution in [0.15, 0.2) is 30.3 Å². The Hall–Kier alpha value is -1.96. The number of rotatable bonds is 8. The van der Waals surface area contributed by atoms with Gasteiger partial charge in [0.25, 0.3) is 0 Å². The average Bonchev–Trinajstić information content (AvgIpc) is 2.62. The Morgan fingerprint density at radius 3 is 2.28 bits per heavy atom. The largest absolute Gasteiger partial charge is 0.462 e. The van der Waals surface area contributed by atoms with Gasteiger partial charge in [-0.25, -0.2) is 4.79 Å². The van der Waals surface area contributed by atoms with Crippen LogP contribution in [-0.4, -0.2) is 59.7 Å². The van der Waals surface area contributed by atoms with E-state index in [-0.39, 0.29) is 19.2 Å². The minimum absolute atomic E-state index is 0.000230. The van der Waals surface area contributed by atoms with Crippen molar-refractivity contribution in [3.8, 4) is 0 Å². The molecule has 0 spiro atoms. The van der Waals surface area contributed by atoms with Gasteiger partial charge in [-0.1, -0.05) is 32.0 Å². The molecule has 0 saturated carbocycles. The second kappa shape index (κ2) is 12.4. The molecule has 1 aromatic rings. The van der Waals surface area contributed by atoms with Crippen LogP contribution in [-0.2, 0) is 9.53 Å². The molecule has 4 N–H and O–H groups in total. The molecule has 0 aliphatic heterocycles. The molecule has 1 atom stereocenters. The van der Waals surface area contributed by atoms with Gasteiger partial charge in [-0.15, -0.1) is 0 Å². The van der Waals surface area contributed by atoms with E-state index >= 15 is 0 Å². The van der Waals surface area contributed by atoms with Crippen LogP contribution in [0.2, 0.25) is 0 Å². The van der Waals surface area contributed by atoms with Crippen LogP contribution in [0, 0.1) is 5.41 Å². The predicted molar refractivity (Wildman–Crippen MR) is 94.0 cm³/mol. The lowest BCUT2D eigenvalue weighted by Crippen LogP contribution is -2.45. The van der Waals surface area contributed by atoms with Crippen molar-refractivity contribution in [1.82, 2.24) is 5.32 Å². The lowest BCUT2D eigenvalue weighted by atomic mass is 9.87. The fourth-order valence-corrected chi connectivity index (χ4v) is 1.62. The molecule has 1 aromatic carbocycles. The van der Waals surface area contributed by atoms with Crippen molar-refractivity contribution in [3.05, 3.63) is 35.9 Å². The van der Waals surface area contributed by atoms with E-state index in [0.717, 1.165) is 0 Å². The van der Waals surface area contributed by atoms with E-state index in [2.05, 4.69) is 5.32 Å². The van der Waals surface area contributed by atoms with Crippen LogP contribution in [0.3, 0.4) is 0 Å². The lowest BCUT2D eigenvalue weighted by Gasteiger charge is -2.27. The van der Waals surface area contributed by atoms with Crippen LogP contribution in [0.1, 0.15) is 37.6 Å². The van der Waals surface area contributed by atoms with E-state index in [1.807, 2.05) is 18.2 Å². The number of benzene rings is 1. The molecule has 0 aliphatic carbocycles. The molecule has 142 valence electrons. The Labute approximate surface area is 148 Å². The van der Waals surface area contributed by atoms with Crippen molar-refractivity contribution < 1.29 is 29.6 Å². The third-order valence-corrected chi connectivity index (χ3v) is 3.32. The molecular weight excluding hydrogens is 326 g/mol. The maximum Gasteiger partial charge on any atom is 0.338 e. The number of aliphatic hydroxyl groups is 3. The Morgan fingerprint density at radius 2 is 1.80 bits per heavy atom. The van der Waals surface area contributed by atoms with Crippen molar-refractivity contribution in [2.45, 2.75) is 33.3 Å². The van der Waals surface area contributed by atoms with Crippen LogP contribution in [0.25, 0.3) is 0 Å². The van der Waals surface area contributed by atoms with Gasteiger partial charge in [-0.3, -0.25) is 4.79 Å². The summed E-state index contributed by atoms with van der Waals surface area (Å²) >= 11 is 0. The summed E-state index contributed by atoms with van der Waals surface area (Å²) in [5.74, 6) is -0.773. The minimum Gasteiger partial charge on any atom is -0.462 e. The average molecular weight is 355 g/mol. The van der Waals surface area contributed by atoms with E-state index < -0.39 is 17.4 Å². The Bertz CT molecular complexity index is 504. The van der Waals surface area contributed by atoms with Gasteiger partial charge in [0.2, 0.25) is 5.91 Å². The summed E-state index contributed by atoms with van der Waals surface area (Å²) in [6.07, 6.45) is -0.774. The number of amides is 1. The van der Waals surface area contributed by atoms with Gasteiger partial charge in [0.15, 0.2) is 0 Å². The second-order valence-corrected chi connectivity index (χ2v) is 6.00. The summed E-state index contributed by atoms with van der Waals surface area (Å²) in [6.45, 7) is 5.48. The molecule has 0 bridgehead atoms. The Morgan fingerprint density at radius 1 is 1.20 bits per heavy atom. The number of nitrogens with one attached hydrogen (secondary N) is 1. The first-order valence-corrected chi connectivity index (χ1v) is 8.19. The van der Waals surface area contributed by atoms with Crippen LogP contribution < -0.4 is 5.32 Å². The number of esters is 1. The molecule has 7 heteroatoms. The Kier molecular flexibility index (Phi) is 11.4. The van der Waals surface area contributed by atoms with E-state index in [4.69, 9.17) is 14.9 Å². The zero-order valence-electron chi connectivity index (χ0n) is 15.1. The minimum atomic E-state index is -1.23. The highest BCUT2D eigenvalue weighted by Crippen LogP contribution is 2.19. The quantitative estimate of drug-likeness (QED) is 0.403. The third kappa shape index (κ3) is 9.19. The first-order chi connectivity index (χ1) is 11.8. The summed E-state index contributed by atoms with van der Waals surface area (Å²) in [7, 11) is 0. The first-order valence-electron chi connectivity index (χ1n) is 8.19. The molecular formula is C18H29NO6. The number of hydrogen-bond donors (Lipinski definition) is 4. The topological polar surface area (TPSA) is 116 Å².